The van der Waals surface area contributed by atoms with Crippen LogP contribution >= 0.6 is 23.3 Å². The zero-order valence-electron chi connectivity index (χ0n) is 10.6. The van der Waals surface area contributed by atoms with Crippen molar-refractivity contribution in [2.45, 2.75) is 30.9 Å². The van der Waals surface area contributed by atoms with Gasteiger partial charge in [0, 0.05) is 23.0 Å². The third-order valence-corrected chi connectivity index (χ3v) is 4.33. The van der Waals surface area contributed by atoms with Gasteiger partial charge in [-0.15, -0.1) is 11.8 Å². The normalized spacial score (nSPS) is 10.6. The van der Waals surface area contributed by atoms with Crippen molar-refractivity contribution in [3.05, 3.63) is 35.7 Å². The van der Waals surface area contributed by atoms with Crippen LogP contribution < -0.4 is 5.32 Å². The average molecular weight is 279 g/mol. The van der Waals surface area contributed by atoms with E-state index in [-0.39, 0.29) is 0 Å². The van der Waals surface area contributed by atoms with Crippen molar-refractivity contribution in [2.75, 3.05) is 11.9 Å². The molecule has 1 aromatic heterocycles. The monoisotopic (exact) mass is 279 g/mol. The molecule has 0 unspecified atom stereocenters. The quantitative estimate of drug-likeness (QED) is 0.812. The fraction of sp³-hybridized carbons (Fsp3) is 0.385. The smallest absolute Gasteiger partial charge is 0.202 e. The molecule has 5 heteroatoms. The molecule has 0 bridgehead atoms. The maximum absolute atomic E-state index is 4.47. The summed E-state index contributed by atoms with van der Waals surface area (Å²) in [6.45, 7) is 5.23. The second-order valence-corrected chi connectivity index (χ2v) is 5.77. The minimum absolute atomic E-state index is 0.829. The van der Waals surface area contributed by atoms with Crippen LogP contribution in [0.25, 0.3) is 0 Å². The zero-order chi connectivity index (χ0) is 12.8. The second-order valence-electron chi connectivity index (χ2n) is 4.00. The van der Waals surface area contributed by atoms with Crippen molar-refractivity contribution >= 4 is 28.4 Å². The Morgan fingerprint density at radius 3 is 2.94 bits per heavy atom. The summed E-state index contributed by atoms with van der Waals surface area (Å²) in [5.41, 5.74) is 1.31. The largest absolute Gasteiger partial charge is 0.360 e. The Balaban J connectivity index is 1.90. The average Bonchev–Trinajstić information content (AvgIpc) is 2.83. The van der Waals surface area contributed by atoms with Gasteiger partial charge in [-0.3, -0.25) is 0 Å². The van der Waals surface area contributed by atoms with Crippen LogP contribution in [0.3, 0.4) is 0 Å². The van der Waals surface area contributed by atoms with Gasteiger partial charge in [-0.05, 0) is 25.0 Å². The summed E-state index contributed by atoms with van der Waals surface area (Å²) in [4.78, 5) is 5.77. The van der Waals surface area contributed by atoms with Gasteiger partial charge in [-0.2, -0.15) is 4.37 Å². The van der Waals surface area contributed by atoms with Gasteiger partial charge >= 0.3 is 0 Å². The van der Waals surface area contributed by atoms with Crippen molar-refractivity contribution in [1.29, 1.82) is 0 Å². The van der Waals surface area contributed by atoms with Crippen LogP contribution in [0.1, 0.15) is 24.7 Å². The maximum atomic E-state index is 4.47. The van der Waals surface area contributed by atoms with Gasteiger partial charge < -0.3 is 5.32 Å². The van der Waals surface area contributed by atoms with Crippen molar-refractivity contribution in [1.82, 2.24) is 9.36 Å². The lowest BCUT2D eigenvalue weighted by atomic mass is 10.2. The summed E-state index contributed by atoms with van der Waals surface area (Å²) in [6, 6.07) is 8.40. The Hall–Kier alpha value is -1.07. The van der Waals surface area contributed by atoms with Crippen LogP contribution in [0.15, 0.2) is 29.2 Å². The lowest BCUT2D eigenvalue weighted by Gasteiger charge is -2.02. The van der Waals surface area contributed by atoms with Gasteiger partial charge in [0.2, 0.25) is 5.13 Å². The number of benzene rings is 1. The maximum Gasteiger partial charge on any atom is 0.202 e. The standard InChI is InChI=1S/C13H17N3S2/c1-3-8-14-13-15-12(16-18-13)9-17-11-7-5-4-6-10(11)2/h4-7H,3,8-9H2,1-2H3,(H,14,15,16). The van der Waals surface area contributed by atoms with Gasteiger partial charge in [-0.25, -0.2) is 4.98 Å². The van der Waals surface area contributed by atoms with E-state index >= 15 is 0 Å². The van der Waals surface area contributed by atoms with Gasteiger partial charge in [0.15, 0.2) is 5.82 Å². The van der Waals surface area contributed by atoms with Crippen LogP contribution in [0.4, 0.5) is 5.13 Å². The highest BCUT2D eigenvalue weighted by Gasteiger charge is 2.05. The number of nitrogens with one attached hydrogen (secondary N) is 1. The zero-order valence-corrected chi connectivity index (χ0v) is 12.3. The molecule has 1 N–H and O–H groups in total. The lowest BCUT2D eigenvalue weighted by molar-refractivity contribution is 0.972. The second kappa shape index (κ2) is 6.75. The highest BCUT2D eigenvalue weighted by molar-refractivity contribution is 7.98. The molecule has 0 aliphatic carbocycles. The highest BCUT2D eigenvalue weighted by Crippen LogP contribution is 2.25. The van der Waals surface area contributed by atoms with Crippen LogP contribution in [0.5, 0.6) is 0 Å². The van der Waals surface area contributed by atoms with E-state index in [9.17, 15) is 0 Å². The third kappa shape index (κ3) is 3.71. The molecule has 0 amide bonds. The number of thioether (sulfide) groups is 1. The lowest BCUT2D eigenvalue weighted by Crippen LogP contribution is -1.98. The summed E-state index contributed by atoms with van der Waals surface area (Å²) in [5, 5.41) is 4.19. The SMILES string of the molecule is CCCNc1nc(CSc2ccccc2C)ns1. The topological polar surface area (TPSA) is 37.8 Å². The van der Waals surface area contributed by atoms with Gasteiger partial charge in [-0.1, -0.05) is 25.1 Å². The van der Waals surface area contributed by atoms with E-state index in [4.69, 9.17) is 0 Å². The molecular weight excluding hydrogens is 262 g/mol. The first-order valence-electron chi connectivity index (χ1n) is 6.04. The first-order valence-corrected chi connectivity index (χ1v) is 7.80. The fourth-order valence-electron chi connectivity index (χ4n) is 1.48. The molecule has 2 aromatic rings. The van der Waals surface area contributed by atoms with Gasteiger partial charge in [0.25, 0.3) is 0 Å². The third-order valence-electron chi connectivity index (χ3n) is 2.44. The first-order chi connectivity index (χ1) is 8.79. The molecule has 0 saturated carbocycles. The minimum Gasteiger partial charge on any atom is -0.360 e. The predicted molar refractivity (Wildman–Crippen MR) is 79.4 cm³/mol. The molecular formula is C13H17N3S2. The van der Waals surface area contributed by atoms with Crippen LogP contribution in [-0.4, -0.2) is 15.9 Å². The van der Waals surface area contributed by atoms with E-state index in [2.05, 4.69) is 52.8 Å². The predicted octanol–water partition coefficient (Wildman–Crippen LogP) is 3.96. The summed E-state index contributed by atoms with van der Waals surface area (Å²) >= 11 is 3.23. The molecule has 0 aliphatic rings. The molecule has 0 radical (unpaired) electrons. The Labute approximate surface area is 116 Å². The highest BCUT2D eigenvalue weighted by atomic mass is 32.2. The molecule has 1 aromatic carbocycles. The molecule has 0 atom stereocenters. The van der Waals surface area contributed by atoms with Crippen molar-refractivity contribution in [3.8, 4) is 0 Å². The number of hydrogen-bond donors (Lipinski definition) is 1. The van der Waals surface area contributed by atoms with Crippen LogP contribution in [-0.2, 0) is 5.75 Å². The van der Waals surface area contributed by atoms with Crippen molar-refractivity contribution in [2.24, 2.45) is 0 Å². The summed E-state index contributed by atoms with van der Waals surface area (Å²) in [6.07, 6.45) is 1.10. The number of aromatic nitrogens is 2. The Bertz CT molecular complexity index is 496. The number of rotatable bonds is 6. The molecule has 0 saturated heterocycles. The van der Waals surface area contributed by atoms with E-state index in [1.54, 1.807) is 11.8 Å². The van der Waals surface area contributed by atoms with E-state index in [1.807, 2.05) is 0 Å². The summed E-state index contributed by atoms with van der Waals surface area (Å²) < 4.78 is 4.36. The molecule has 96 valence electrons. The number of aryl methyl sites for hydroxylation is 1. The molecule has 1 heterocycles. The van der Waals surface area contributed by atoms with E-state index in [0.29, 0.717) is 0 Å². The molecule has 0 fully saturated rings. The minimum atomic E-state index is 0.829. The first kappa shape index (κ1) is 13.4. The molecule has 3 nitrogen and oxygen atoms in total. The summed E-state index contributed by atoms with van der Waals surface area (Å²) in [5.74, 6) is 1.74. The molecule has 2 rings (SSSR count). The number of nitrogens with zero attached hydrogens (tertiary/aromatic N) is 2. The van der Waals surface area contributed by atoms with Crippen LogP contribution in [0.2, 0.25) is 0 Å². The summed E-state index contributed by atoms with van der Waals surface area (Å²) in [7, 11) is 0. The van der Waals surface area contributed by atoms with Crippen molar-refractivity contribution < 1.29 is 0 Å². The van der Waals surface area contributed by atoms with Gasteiger partial charge in [0.1, 0.15) is 0 Å². The molecule has 0 aliphatic heterocycles. The van der Waals surface area contributed by atoms with Gasteiger partial charge in [0.05, 0.1) is 5.75 Å². The fourth-order valence-corrected chi connectivity index (χ4v) is 3.05. The Morgan fingerprint density at radius 2 is 2.17 bits per heavy atom. The van der Waals surface area contributed by atoms with Crippen LogP contribution in [0, 0.1) is 6.92 Å². The molecule has 18 heavy (non-hydrogen) atoms. The van der Waals surface area contributed by atoms with E-state index in [1.165, 1.54) is 22.0 Å². The van der Waals surface area contributed by atoms with E-state index in [0.717, 1.165) is 29.7 Å². The Morgan fingerprint density at radius 1 is 1.33 bits per heavy atom. The number of hydrogen-bond acceptors (Lipinski definition) is 5. The van der Waals surface area contributed by atoms with Crippen molar-refractivity contribution in [3.63, 3.8) is 0 Å². The number of anilines is 1. The Kier molecular flexibility index (Phi) is 5.01. The molecule has 0 spiro atoms. The van der Waals surface area contributed by atoms with E-state index < -0.39 is 0 Å².